The normalized spacial score (nSPS) is 9.79. The molecule has 7 nitrogen and oxygen atoms in total. The van der Waals surface area contributed by atoms with Gasteiger partial charge in [0.05, 0.1) is 18.8 Å². The Kier molecular flexibility index (Phi) is 6.83. The fraction of sp³-hybridized carbons (Fsp3) is 0.364. The van der Waals surface area contributed by atoms with Crippen molar-refractivity contribution in [1.29, 1.82) is 0 Å². The number of ether oxygens (including phenoxy) is 2. The number of pyridine rings is 1. The van der Waals surface area contributed by atoms with Gasteiger partial charge in [-0.15, -0.1) is 0 Å². The van der Waals surface area contributed by atoms with E-state index in [0.29, 0.717) is 17.8 Å². The van der Waals surface area contributed by atoms with Crippen molar-refractivity contribution >= 4 is 33.7 Å². The van der Waals surface area contributed by atoms with E-state index in [4.69, 9.17) is 15.3 Å². The largest absolute Gasteiger partial charge is 0.465 e. The summed E-state index contributed by atoms with van der Waals surface area (Å²) in [6, 6.07) is 3.11. The van der Waals surface area contributed by atoms with Crippen LogP contribution in [0.25, 0.3) is 0 Å². The Balaban J connectivity index is 2.25. The number of halogens is 1. The number of rotatable bonds is 7. The van der Waals surface area contributed by atoms with E-state index in [1.165, 1.54) is 6.20 Å². The Morgan fingerprint density at radius 3 is 2.63 bits per heavy atom. The average molecular weight is 332 g/mol. The zero-order chi connectivity index (χ0) is 14.1. The molecule has 8 heteroatoms. The number of hydrogen-bond acceptors (Lipinski definition) is 7. The first kappa shape index (κ1) is 15.4. The second kappa shape index (κ2) is 8.44. The van der Waals surface area contributed by atoms with Crippen LogP contribution in [-0.4, -0.2) is 35.5 Å². The number of anilines is 1. The lowest BCUT2D eigenvalue weighted by molar-refractivity contribution is -0.140. The number of alkyl halides is 1. The van der Waals surface area contributed by atoms with E-state index in [9.17, 15) is 9.59 Å². The summed E-state index contributed by atoms with van der Waals surface area (Å²) in [5.74, 6) is 4.78. The molecule has 1 aromatic heterocycles. The summed E-state index contributed by atoms with van der Waals surface area (Å²) in [5.41, 5.74) is 2.68. The van der Waals surface area contributed by atoms with Crippen molar-refractivity contribution in [2.45, 2.75) is 6.42 Å². The lowest BCUT2D eigenvalue weighted by Gasteiger charge is -2.05. The molecular weight excluding hydrogens is 318 g/mol. The van der Waals surface area contributed by atoms with Gasteiger partial charge >= 0.3 is 11.9 Å². The number of nitrogens with zero attached hydrogens (tertiary/aromatic N) is 1. The second-order valence-electron chi connectivity index (χ2n) is 3.42. The van der Waals surface area contributed by atoms with Crippen LogP contribution in [0.2, 0.25) is 0 Å². The standard InChI is InChI=1S/C11H14BrN3O4/c12-6-10(16)18-4-1-5-19-11(17)8-2-3-9(15-13)14-7-8/h2-3,7H,1,4-6,13H2,(H,14,15). The maximum absolute atomic E-state index is 11.6. The van der Waals surface area contributed by atoms with Crippen molar-refractivity contribution < 1.29 is 19.1 Å². The van der Waals surface area contributed by atoms with E-state index in [0.717, 1.165) is 0 Å². The monoisotopic (exact) mass is 331 g/mol. The van der Waals surface area contributed by atoms with Crippen molar-refractivity contribution in [3.63, 3.8) is 0 Å². The van der Waals surface area contributed by atoms with Gasteiger partial charge in [-0.05, 0) is 12.1 Å². The lowest BCUT2D eigenvalue weighted by Crippen LogP contribution is -2.12. The third-order valence-corrected chi connectivity index (χ3v) is 2.50. The van der Waals surface area contributed by atoms with E-state index >= 15 is 0 Å². The Labute approximate surface area is 118 Å². The zero-order valence-corrected chi connectivity index (χ0v) is 11.7. The van der Waals surface area contributed by atoms with Crippen molar-refractivity contribution in [2.24, 2.45) is 5.84 Å². The van der Waals surface area contributed by atoms with Crippen LogP contribution in [0.15, 0.2) is 18.3 Å². The molecule has 0 saturated heterocycles. The number of nitrogen functional groups attached to an aromatic ring is 1. The molecule has 0 aliphatic carbocycles. The van der Waals surface area contributed by atoms with Gasteiger partial charge in [0.25, 0.3) is 0 Å². The van der Waals surface area contributed by atoms with Crippen LogP contribution in [0, 0.1) is 0 Å². The molecule has 104 valence electrons. The maximum Gasteiger partial charge on any atom is 0.339 e. The molecule has 0 aliphatic rings. The summed E-state index contributed by atoms with van der Waals surface area (Å²) < 4.78 is 9.78. The second-order valence-corrected chi connectivity index (χ2v) is 3.98. The van der Waals surface area contributed by atoms with E-state index < -0.39 is 5.97 Å². The molecule has 0 aliphatic heterocycles. The Morgan fingerprint density at radius 1 is 1.32 bits per heavy atom. The summed E-state index contributed by atoms with van der Waals surface area (Å²) in [6.07, 6.45) is 1.81. The molecule has 0 saturated carbocycles. The molecule has 0 radical (unpaired) electrons. The van der Waals surface area contributed by atoms with Crippen molar-refractivity contribution in [2.75, 3.05) is 24.0 Å². The van der Waals surface area contributed by atoms with Crippen LogP contribution in [0.5, 0.6) is 0 Å². The fourth-order valence-corrected chi connectivity index (χ4v) is 1.29. The highest BCUT2D eigenvalue weighted by atomic mass is 79.9. The minimum atomic E-state index is -0.483. The number of hydrogen-bond donors (Lipinski definition) is 2. The van der Waals surface area contributed by atoms with Crippen LogP contribution in [-0.2, 0) is 14.3 Å². The van der Waals surface area contributed by atoms with Gasteiger partial charge in [0.1, 0.15) is 11.1 Å². The molecule has 1 rings (SSSR count). The van der Waals surface area contributed by atoms with Gasteiger partial charge in [-0.1, -0.05) is 15.9 Å². The number of hydrazine groups is 1. The SMILES string of the molecule is NNc1ccc(C(=O)OCCCOC(=O)CBr)cn1. The van der Waals surface area contributed by atoms with Crippen molar-refractivity contribution in [3.05, 3.63) is 23.9 Å². The molecule has 19 heavy (non-hydrogen) atoms. The Bertz CT molecular complexity index is 424. The number of aromatic nitrogens is 1. The predicted octanol–water partition coefficient (Wildman–Crippen LogP) is 0.852. The van der Waals surface area contributed by atoms with Gasteiger partial charge in [-0.3, -0.25) is 4.79 Å². The number of carbonyl (C=O) groups excluding carboxylic acids is 2. The highest BCUT2D eigenvalue weighted by Gasteiger charge is 2.07. The molecule has 3 N–H and O–H groups in total. The van der Waals surface area contributed by atoms with Gasteiger partial charge in [-0.2, -0.15) is 0 Å². The minimum Gasteiger partial charge on any atom is -0.465 e. The smallest absolute Gasteiger partial charge is 0.339 e. The maximum atomic E-state index is 11.6. The number of esters is 2. The number of nitrogens with one attached hydrogen (secondary N) is 1. The molecule has 0 spiro atoms. The first-order valence-electron chi connectivity index (χ1n) is 5.48. The van der Waals surface area contributed by atoms with E-state index in [2.05, 4.69) is 26.3 Å². The van der Waals surface area contributed by atoms with E-state index in [-0.39, 0.29) is 24.5 Å². The minimum absolute atomic E-state index is 0.153. The molecular formula is C11H14BrN3O4. The molecule has 0 fully saturated rings. The molecule has 0 atom stereocenters. The third-order valence-electron chi connectivity index (χ3n) is 2.04. The number of carbonyl (C=O) groups is 2. The Hall–Kier alpha value is -1.67. The topological polar surface area (TPSA) is 104 Å². The first-order valence-corrected chi connectivity index (χ1v) is 6.61. The molecule has 0 unspecified atom stereocenters. The molecule has 1 heterocycles. The molecule has 1 aromatic rings. The Morgan fingerprint density at radius 2 is 2.05 bits per heavy atom. The van der Waals surface area contributed by atoms with Crippen molar-refractivity contribution in [1.82, 2.24) is 4.98 Å². The lowest BCUT2D eigenvalue weighted by atomic mass is 10.3. The molecule has 0 aromatic carbocycles. The van der Waals surface area contributed by atoms with Crippen LogP contribution in [0.1, 0.15) is 16.8 Å². The van der Waals surface area contributed by atoms with E-state index in [1.54, 1.807) is 12.1 Å². The summed E-state index contributed by atoms with van der Waals surface area (Å²) in [4.78, 5) is 26.2. The van der Waals surface area contributed by atoms with Gasteiger partial charge in [-0.25, -0.2) is 15.6 Å². The highest BCUT2D eigenvalue weighted by molar-refractivity contribution is 9.09. The number of nitrogens with two attached hydrogens (primary N) is 1. The third kappa shape index (κ3) is 5.66. The molecule has 0 bridgehead atoms. The van der Waals surface area contributed by atoms with Gasteiger partial charge < -0.3 is 14.9 Å². The summed E-state index contributed by atoms with van der Waals surface area (Å²) in [6.45, 7) is 0.386. The van der Waals surface area contributed by atoms with Crippen LogP contribution in [0.4, 0.5) is 5.82 Å². The zero-order valence-electron chi connectivity index (χ0n) is 10.1. The predicted molar refractivity (Wildman–Crippen MR) is 71.7 cm³/mol. The summed E-state index contributed by atoms with van der Waals surface area (Å²) in [5, 5.41) is 0.153. The highest BCUT2D eigenvalue weighted by Crippen LogP contribution is 2.05. The fourth-order valence-electron chi connectivity index (χ4n) is 1.13. The quantitative estimate of drug-likeness (QED) is 0.251. The van der Waals surface area contributed by atoms with Crippen LogP contribution >= 0.6 is 15.9 Å². The van der Waals surface area contributed by atoms with Gasteiger partial charge in [0.15, 0.2) is 0 Å². The van der Waals surface area contributed by atoms with Gasteiger partial charge in [0, 0.05) is 12.6 Å². The first-order chi connectivity index (χ1) is 9.17. The summed E-state index contributed by atoms with van der Waals surface area (Å²) >= 11 is 2.97. The van der Waals surface area contributed by atoms with Crippen molar-refractivity contribution in [3.8, 4) is 0 Å². The van der Waals surface area contributed by atoms with Gasteiger partial charge in [0.2, 0.25) is 0 Å². The average Bonchev–Trinajstić information content (AvgIpc) is 2.46. The van der Waals surface area contributed by atoms with Crippen LogP contribution < -0.4 is 11.3 Å². The van der Waals surface area contributed by atoms with Crippen LogP contribution in [0.3, 0.4) is 0 Å². The molecule has 0 amide bonds. The summed E-state index contributed by atoms with van der Waals surface area (Å²) in [7, 11) is 0. The van der Waals surface area contributed by atoms with E-state index in [1.807, 2.05) is 0 Å².